The van der Waals surface area contributed by atoms with Gasteiger partial charge >= 0.3 is 0 Å². The van der Waals surface area contributed by atoms with Gasteiger partial charge in [-0.05, 0) is 24.8 Å². The summed E-state index contributed by atoms with van der Waals surface area (Å²) in [7, 11) is 0. The van der Waals surface area contributed by atoms with Crippen LogP contribution in [0.5, 0.6) is 0 Å². The Labute approximate surface area is 115 Å². The number of benzene rings is 1. The molecule has 1 amide bonds. The van der Waals surface area contributed by atoms with Crippen molar-refractivity contribution in [3.63, 3.8) is 0 Å². The maximum Gasteiger partial charge on any atom is 0.227 e. The maximum atomic E-state index is 12.1. The Kier molecular flexibility index (Phi) is 6.20. The quantitative estimate of drug-likeness (QED) is 0.785. The van der Waals surface area contributed by atoms with Gasteiger partial charge in [0.1, 0.15) is 0 Å². The summed E-state index contributed by atoms with van der Waals surface area (Å²) in [5.74, 6) is 0.906. The molecule has 0 aromatic heterocycles. The van der Waals surface area contributed by atoms with Crippen LogP contribution in [-0.2, 0) is 4.79 Å². The monoisotopic (exact) mass is 267 g/mol. The van der Waals surface area contributed by atoms with Gasteiger partial charge in [-0.2, -0.15) is 0 Å². The van der Waals surface area contributed by atoms with Crippen LogP contribution in [0, 0.1) is 5.92 Å². The molecule has 0 radical (unpaired) electrons. The second-order valence-corrected chi connectivity index (χ2v) is 5.43. The minimum Gasteiger partial charge on any atom is -0.352 e. The van der Waals surface area contributed by atoms with E-state index in [-0.39, 0.29) is 17.9 Å². The number of carbonyl (C=O) groups is 1. The van der Waals surface area contributed by atoms with Gasteiger partial charge in [-0.1, -0.05) is 44.2 Å². The first-order valence-corrected chi connectivity index (χ1v) is 6.99. The SMILES string of the molecule is CC(C)CC(CCl)NC(=O)C(C)c1ccccc1. The summed E-state index contributed by atoms with van der Waals surface area (Å²) < 4.78 is 0. The Hall–Kier alpha value is -1.02. The highest BCUT2D eigenvalue weighted by Gasteiger charge is 2.19. The molecule has 0 fully saturated rings. The smallest absolute Gasteiger partial charge is 0.227 e. The number of alkyl halides is 1. The second-order valence-electron chi connectivity index (χ2n) is 5.12. The zero-order valence-corrected chi connectivity index (χ0v) is 12.1. The molecular weight excluding hydrogens is 246 g/mol. The van der Waals surface area contributed by atoms with Crippen LogP contribution in [0.3, 0.4) is 0 Å². The predicted octanol–water partition coefficient (Wildman–Crippen LogP) is 3.56. The lowest BCUT2D eigenvalue weighted by Crippen LogP contribution is -2.39. The molecule has 1 N–H and O–H groups in total. The Balaban J connectivity index is 2.59. The molecule has 1 aromatic rings. The Bertz CT molecular complexity index is 364. The van der Waals surface area contributed by atoms with Gasteiger partial charge in [-0.3, -0.25) is 4.79 Å². The summed E-state index contributed by atoms with van der Waals surface area (Å²) in [5, 5.41) is 3.03. The average molecular weight is 268 g/mol. The first kappa shape index (κ1) is 15.0. The van der Waals surface area contributed by atoms with E-state index in [0.717, 1.165) is 12.0 Å². The minimum atomic E-state index is -0.135. The normalized spacial score (nSPS) is 14.3. The van der Waals surface area contributed by atoms with E-state index in [2.05, 4.69) is 19.2 Å². The number of amides is 1. The fourth-order valence-corrected chi connectivity index (χ4v) is 2.15. The van der Waals surface area contributed by atoms with E-state index in [1.54, 1.807) is 0 Å². The molecule has 3 heteroatoms. The molecule has 2 unspecified atom stereocenters. The maximum absolute atomic E-state index is 12.1. The number of hydrogen-bond donors (Lipinski definition) is 1. The van der Waals surface area contributed by atoms with Crippen molar-refractivity contribution < 1.29 is 4.79 Å². The molecule has 0 saturated heterocycles. The minimum absolute atomic E-state index is 0.0486. The standard InChI is InChI=1S/C15H22ClNO/c1-11(2)9-14(10-16)17-15(18)12(3)13-7-5-4-6-8-13/h4-8,11-12,14H,9-10H2,1-3H3,(H,17,18). The van der Waals surface area contributed by atoms with Crippen LogP contribution in [0.4, 0.5) is 0 Å². The summed E-state index contributed by atoms with van der Waals surface area (Å²) in [6, 6.07) is 9.86. The number of nitrogens with one attached hydrogen (secondary N) is 1. The summed E-state index contributed by atoms with van der Waals surface area (Å²) in [5.41, 5.74) is 1.04. The topological polar surface area (TPSA) is 29.1 Å². The molecule has 0 aliphatic rings. The lowest BCUT2D eigenvalue weighted by Gasteiger charge is -2.20. The third-order valence-corrected chi connectivity index (χ3v) is 3.35. The van der Waals surface area contributed by atoms with Crippen LogP contribution in [0.15, 0.2) is 30.3 Å². The van der Waals surface area contributed by atoms with Crippen molar-refractivity contribution in [3.8, 4) is 0 Å². The van der Waals surface area contributed by atoms with Gasteiger partial charge in [0.2, 0.25) is 5.91 Å². The molecule has 18 heavy (non-hydrogen) atoms. The van der Waals surface area contributed by atoms with E-state index in [1.165, 1.54) is 0 Å². The molecule has 1 rings (SSSR count). The van der Waals surface area contributed by atoms with Gasteiger partial charge in [0.25, 0.3) is 0 Å². The fraction of sp³-hybridized carbons (Fsp3) is 0.533. The number of carbonyl (C=O) groups excluding carboxylic acids is 1. The third-order valence-electron chi connectivity index (χ3n) is 2.98. The van der Waals surface area contributed by atoms with Gasteiger partial charge < -0.3 is 5.32 Å². The van der Waals surface area contributed by atoms with Gasteiger partial charge in [0.15, 0.2) is 0 Å². The zero-order valence-electron chi connectivity index (χ0n) is 11.3. The van der Waals surface area contributed by atoms with E-state index in [0.29, 0.717) is 11.8 Å². The molecule has 1 aromatic carbocycles. The highest BCUT2D eigenvalue weighted by Crippen LogP contribution is 2.15. The Morgan fingerprint density at radius 1 is 1.22 bits per heavy atom. The predicted molar refractivity (Wildman–Crippen MR) is 77.0 cm³/mol. The molecule has 0 saturated carbocycles. The number of halogens is 1. The summed E-state index contributed by atoms with van der Waals surface area (Å²) in [6.07, 6.45) is 0.913. The Morgan fingerprint density at radius 3 is 2.33 bits per heavy atom. The first-order valence-electron chi connectivity index (χ1n) is 6.45. The number of hydrogen-bond acceptors (Lipinski definition) is 1. The highest BCUT2D eigenvalue weighted by atomic mass is 35.5. The number of rotatable bonds is 6. The molecular formula is C15H22ClNO. The van der Waals surface area contributed by atoms with Crippen molar-refractivity contribution in [2.45, 2.75) is 39.2 Å². The first-order chi connectivity index (χ1) is 8.54. The molecule has 100 valence electrons. The molecule has 0 spiro atoms. The van der Waals surface area contributed by atoms with Crippen molar-refractivity contribution in [2.24, 2.45) is 5.92 Å². The Morgan fingerprint density at radius 2 is 1.83 bits per heavy atom. The summed E-state index contributed by atoms with van der Waals surface area (Å²) in [4.78, 5) is 12.1. The van der Waals surface area contributed by atoms with Crippen LogP contribution in [-0.4, -0.2) is 17.8 Å². The third kappa shape index (κ3) is 4.69. The van der Waals surface area contributed by atoms with Crippen LogP contribution < -0.4 is 5.32 Å². The zero-order chi connectivity index (χ0) is 13.5. The van der Waals surface area contributed by atoms with Gasteiger partial charge in [0, 0.05) is 11.9 Å². The van der Waals surface area contributed by atoms with Crippen molar-refractivity contribution >= 4 is 17.5 Å². The largest absolute Gasteiger partial charge is 0.352 e. The van der Waals surface area contributed by atoms with Crippen molar-refractivity contribution in [2.75, 3.05) is 5.88 Å². The van der Waals surface area contributed by atoms with Crippen LogP contribution in [0.1, 0.15) is 38.7 Å². The van der Waals surface area contributed by atoms with Crippen molar-refractivity contribution in [1.82, 2.24) is 5.32 Å². The fourth-order valence-electron chi connectivity index (χ4n) is 1.95. The van der Waals surface area contributed by atoms with E-state index in [1.807, 2.05) is 37.3 Å². The molecule has 0 heterocycles. The van der Waals surface area contributed by atoms with Crippen LogP contribution in [0.2, 0.25) is 0 Å². The summed E-state index contributed by atoms with van der Waals surface area (Å²) in [6.45, 7) is 6.18. The summed E-state index contributed by atoms with van der Waals surface area (Å²) >= 11 is 5.89. The lowest BCUT2D eigenvalue weighted by molar-refractivity contribution is -0.122. The van der Waals surface area contributed by atoms with Crippen LogP contribution in [0.25, 0.3) is 0 Å². The van der Waals surface area contributed by atoms with Crippen molar-refractivity contribution in [3.05, 3.63) is 35.9 Å². The molecule has 0 bridgehead atoms. The highest BCUT2D eigenvalue weighted by molar-refractivity contribution is 6.18. The van der Waals surface area contributed by atoms with E-state index in [9.17, 15) is 4.79 Å². The van der Waals surface area contributed by atoms with E-state index < -0.39 is 0 Å². The van der Waals surface area contributed by atoms with Gasteiger partial charge in [-0.15, -0.1) is 11.6 Å². The van der Waals surface area contributed by atoms with Crippen LogP contribution >= 0.6 is 11.6 Å². The van der Waals surface area contributed by atoms with Gasteiger partial charge in [0.05, 0.1) is 5.92 Å². The van der Waals surface area contributed by atoms with E-state index in [4.69, 9.17) is 11.6 Å². The van der Waals surface area contributed by atoms with Gasteiger partial charge in [-0.25, -0.2) is 0 Å². The molecule has 2 nitrogen and oxygen atoms in total. The second kappa shape index (κ2) is 7.42. The molecule has 0 aliphatic heterocycles. The molecule has 0 aliphatic carbocycles. The van der Waals surface area contributed by atoms with E-state index >= 15 is 0 Å². The lowest BCUT2D eigenvalue weighted by atomic mass is 9.99. The average Bonchev–Trinajstić information content (AvgIpc) is 2.37. The van der Waals surface area contributed by atoms with Crippen molar-refractivity contribution in [1.29, 1.82) is 0 Å². The molecule has 2 atom stereocenters.